The molecular weight excluding hydrogens is 272 g/mol. The molecule has 5 rings (SSSR count). The van der Waals surface area contributed by atoms with Crippen LogP contribution >= 0.6 is 0 Å². The fourth-order valence-corrected chi connectivity index (χ4v) is 4.78. The lowest BCUT2D eigenvalue weighted by Crippen LogP contribution is -2.52. The second-order valence-corrected chi connectivity index (χ2v) is 7.00. The largest absolute Gasteiger partial charge is 0.396 e. The van der Waals surface area contributed by atoms with Crippen LogP contribution in [0.3, 0.4) is 0 Å². The number of nitrogens with zero attached hydrogens (tertiary/aromatic N) is 1. The molecule has 112 valence electrons. The van der Waals surface area contributed by atoms with Crippen molar-refractivity contribution in [2.45, 2.75) is 31.7 Å². The average molecular weight is 293 g/mol. The number of aromatic amines is 1. The van der Waals surface area contributed by atoms with E-state index < -0.39 is 0 Å². The van der Waals surface area contributed by atoms with Crippen molar-refractivity contribution in [3.63, 3.8) is 0 Å². The van der Waals surface area contributed by atoms with Gasteiger partial charge >= 0.3 is 0 Å². The fourth-order valence-electron chi connectivity index (χ4n) is 4.78. The normalized spacial score (nSPS) is 27.2. The van der Waals surface area contributed by atoms with E-state index in [1.165, 1.54) is 46.8 Å². The van der Waals surface area contributed by atoms with E-state index in [1.807, 2.05) is 0 Å². The number of aliphatic hydroxyl groups is 1. The summed E-state index contributed by atoms with van der Waals surface area (Å²) in [6.45, 7) is 0.347. The first-order valence-electron chi connectivity index (χ1n) is 8.39. The molecule has 3 nitrogen and oxygen atoms in total. The van der Waals surface area contributed by atoms with Crippen molar-refractivity contribution in [3.05, 3.63) is 42.2 Å². The zero-order chi connectivity index (χ0) is 14.7. The Kier molecular flexibility index (Phi) is 2.62. The molecule has 0 spiro atoms. The Morgan fingerprint density at radius 3 is 2.95 bits per heavy atom. The van der Waals surface area contributed by atoms with E-state index in [-0.39, 0.29) is 0 Å². The zero-order valence-corrected chi connectivity index (χ0v) is 12.6. The molecule has 1 fully saturated rings. The number of nitrogens with one attached hydrogen (secondary N) is 1. The SMILES string of the molecule is OCC1CCC2CC1Cc1c3[nH]c4ccccc4c3cc[n+]12. The summed E-state index contributed by atoms with van der Waals surface area (Å²) >= 11 is 0. The number of hydrogen-bond donors (Lipinski definition) is 2. The Morgan fingerprint density at radius 2 is 2.05 bits per heavy atom. The smallest absolute Gasteiger partial charge is 0.206 e. The van der Waals surface area contributed by atoms with Crippen molar-refractivity contribution in [2.75, 3.05) is 6.61 Å². The Bertz CT molecular complexity index is 866. The number of benzene rings is 1. The topological polar surface area (TPSA) is 39.9 Å². The minimum absolute atomic E-state index is 0.347. The quantitative estimate of drug-likeness (QED) is 0.665. The van der Waals surface area contributed by atoms with Crippen molar-refractivity contribution < 1.29 is 9.67 Å². The Morgan fingerprint density at radius 1 is 1.14 bits per heavy atom. The van der Waals surface area contributed by atoms with Crippen LogP contribution < -0.4 is 4.57 Å². The van der Waals surface area contributed by atoms with Crippen LogP contribution in [0.2, 0.25) is 0 Å². The highest BCUT2D eigenvalue weighted by molar-refractivity contribution is 6.07. The second kappa shape index (κ2) is 4.56. The molecule has 2 N–H and O–H groups in total. The molecule has 22 heavy (non-hydrogen) atoms. The summed E-state index contributed by atoms with van der Waals surface area (Å²) in [5.74, 6) is 1.13. The third kappa shape index (κ3) is 1.63. The average Bonchev–Trinajstić information content (AvgIpc) is 2.94. The van der Waals surface area contributed by atoms with Gasteiger partial charge in [-0.1, -0.05) is 18.2 Å². The van der Waals surface area contributed by atoms with E-state index in [4.69, 9.17) is 0 Å². The molecule has 3 heterocycles. The van der Waals surface area contributed by atoms with Gasteiger partial charge < -0.3 is 10.1 Å². The van der Waals surface area contributed by atoms with E-state index in [0.29, 0.717) is 24.5 Å². The van der Waals surface area contributed by atoms with E-state index >= 15 is 0 Å². The van der Waals surface area contributed by atoms with Gasteiger partial charge in [0.1, 0.15) is 5.52 Å². The van der Waals surface area contributed by atoms with Crippen molar-refractivity contribution in [2.24, 2.45) is 11.8 Å². The predicted octanol–water partition coefficient (Wildman–Crippen LogP) is 3.11. The minimum Gasteiger partial charge on any atom is -0.396 e. The minimum atomic E-state index is 0.347. The van der Waals surface area contributed by atoms with E-state index in [9.17, 15) is 5.11 Å². The number of rotatable bonds is 1. The highest BCUT2D eigenvalue weighted by Gasteiger charge is 2.42. The summed E-state index contributed by atoms with van der Waals surface area (Å²) in [5.41, 5.74) is 3.96. The Hall–Kier alpha value is -1.87. The van der Waals surface area contributed by atoms with Crippen LogP contribution in [-0.2, 0) is 6.42 Å². The van der Waals surface area contributed by atoms with E-state index in [2.05, 4.69) is 46.1 Å². The van der Waals surface area contributed by atoms with E-state index in [0.717, 1.165) is 6.42 Å². The number of fused-ring (bicyclic) bond motifs is 8. The molecule has 1 aliphatic heterocycles. The molecule has 3 unspecified atom stereocenters. The van der Waals surface area contributed by atoms with Crippen LogP contribution in [0.1, 0.15) is 31.0 Å². The van der Waals surface area contributed by atoms with Crippen molar-refractivity contribution >= 4 is 21.8 Å². The fraction of sp³-hybridized carbons (Fsp3) is 0.421. The van der Waals surface area contributed by atoms with Crippen LogP contribution in [0.5, 0.6) is 0 Å². The molecular formula is C19H21N2O+. The Labute approximate surface area is 129 Å². The summed E-state index contributed by atoms with van der Waals surface area (Å²) < 4.78 is 2.50. The molecule has 1 aliphatic carbocycles. The van der Waals surface area contributed by atoms with Gasteiger partial charge in [-0.15, -0.1) is 0 Å². The van der Waals surface area contributed by atoms with Crippen molar-refractivity contribution in [3.8, 4) is 0 Å². The first kappa shape index (κ1) is 12.7. The number of H-pyrrole nitrogens is 1. The lowest BCUT2D eigenvalue weighted by molar-refractivity contribution is -0.739. The Balaban J connectivity index is 1.75. The molecule has 2 aliphatic rings. The maximum absolute atomic E-state index is 9.66. The van der Waals surface area contributed by atoms with Gasteiger partial charge in [-0.05, 0) is 24.3 Å². The maximum atomic E-state index is 9.66. The van der Waals surface area contributed by atoms with Gasteiger partial charge in [0.2, 0.25) is 5.69 Å². The molecule has 3 heteroatoms. The lowest BCUT2D eigenvalue weighted by atomic mass is 9.72. The highest BCUT2D eigenvalue weighted by atomic mass is 16.3. The van der Waals surface area contributed by atoms with E-state index in [1.54, 1.807) is 0 Å². The highest BCUT2D eigenvalue weighted by Crippen LogP contribution is 2.40. The van der Waals surface area contributed by atoms with Crippen molar-refractivity contribution in [1.82, 2.24) is 4.98 Å². The molecule has 0 amide bonds. The maximum Gasteiger partial charge on any atom is 0.206 e. The van der Waals surface area contributed by atoms with Gasteiger partial charge in [0.25, 0.3) is 0 Å². The molecule has 1 saturated carbocycles. The summed E-state index contributed by atoms with van der Waals surface area (Å²) in [6.07, 6.45) is 6.98. The summed E-state index contributed by atoms with van der Waals surface area (Å²) in [6, 6.07) is 11.5. The van der Waals surface area contributed by atoms with Crippen molar-refractivity contribution in [1.29, 1.82) is 0 Å². The van der Waals surface area contributed by atoms with Gasteiger partial charge in [-0.3, -0.25) is 0 Å². The van der Waals surface area contributed by atoms with Gasteiger partial charge in [0.05, 0.1) is 0 Å². The third-order valence-corrected chi connectivity index (χ3v) is 5.94. The number of para-hydroxylation sites is 1. The van der Waals surface area contributed by atoms with Crippen LogP contribution in [-0.4, -0.2) is 16.7 Å². The zero-order valence-electron chi connectivity index (χ0n) is 12.6. The summed E-state index contributed by atoms with van der Waals surface area (Å²) in [5, 5.41) is 12.3. The molecule has 3 atom stereocenters. The van der Waals surface area contributed by atoms with Gasteiger partial charge in [-0.25, -0.2) is 0 Å². The molecule has 3 aromatic rings. The standard InChI is InChI=1S/C19H20N2O/c22-11-12-5-6-14-9-13(12)10-18-19-16(7-8-21(14)18)15-3-1-2-4-17(15)20-19/h1-4,7-8,12-14,22H,5-6,9-11H2/p+1. The summed E-state index contributed by atoms with van der Waals surface area (Å²) in [4.78, 5) is 3.64. The molecule has 2 bridgehead atoms. The number of hydrogen-bond acceptors (Lipinski definition) is 1. The molecule has 1 aromatic carbocycles. The second-order valence-electron chi connectivity index (χ2n) is 7.00. The first-order valence-corrected chi connectivity index (χ1v) is 8.39. The third-order valence-electron chi connectivity index (χ3n) is 5.94. The summed E-state index contributed by atoms with van der Waals surface area (Å²) in [7, 11) is 0. The van der Waals surface area contributed by atoms with Crippen LogP contribution in [0.25, 0.3) is 21.8 Å². The monoisotopic (exact) mass is 293 g/mol. The molecule has 0 radical (unpaired) electrons. The first-order chi connectivity index (χ1) is 10.8. The molecule has 0 saturated heterocycles. The van der Waals surface area contributed by atoms with Gasteiger partial charge in [-0.2, -0.15) is 4.57 Å². The number of aliphatic hydroxyl groups excluding tert-OH is 1. The molecule has 2 aromatic heterocycles. The van der Waals surface area contributed by atoms with Gasteiger partial charge in [0.15, 0.2) is 12.2 Å². The lowest BCUT2D eigenvalue weighted by Gasteiger charge is -2.36. The predicted molar refractivity (Wildman–Crippen MR) is 86.7 cm³/mol. The van der Waals surface area contributed by atoms with Crippen LogP contribution in [0, 0.1) is 11.8 Å². The number of aromatic nitrogens is 2. The number of pyridine rings is 1. The van der Waals surface area contributed by atoms with Crippen LogP contribution in [0.4, 0.5) is 0 Å². The van der Waals surface area contributed by atoms with Gasteiger partial charge in [0, 0.05) is 48.2 Å². The van der Waals surface area contributed by atoms with Crippen LogP contribution in [0.15, 0.2) is 36.5 Å².